The fraction of sp³-hybridized carbons (Fsp3) is 0.529. The number of hydrogen-bond acceptors (Lipinski definition) is 2. The van der Waals surface area contributed by atoms with E-state index >= 15 is 0 Å². The number of carboxylic acid groups (broad SMARTS) is 1. The van der Waals surface area contributed by atoms with E-state index in [2.05, 4.69) is 17.4 Å². The Labute approximate surface area is 124 Å². The lowest BCUT2D eigenvalue weighted by molar-refractivity contribution is -0.148. The van der Waals surface area contributed by atoms with E-state index in [1.54, 1.807) is 0 Å². The summed E-state index contributed by atoms with van der Waals surface area (Å²) in [5.74, 6) is -1.07. The molecule has 1 atom stereocenters. The van der Waals surface area contributed by atoms with Crippen LogP contribution in [0.3, 0.4) is 0 Å². The molecule has 1 unspecified atom stereocenters. The van der Waals surface area contributed by atoms with Crippen molar-refractivity contribution in [2.75, 3.05) is 0 Å². The zero-order valence-corrected chi connectivity index (χ0v) is 12.1. The Morgan fingerprint density at radius 2 is 1.81 bits per heavy atom. The Balaban J connectivity index is 1.71. The Bertz CT molecular complexity index is 561. The molecule has 2 N–H and O–H groups in total. The molecular formula is C17H21NO3. The molecular weight excluding hydrogens is 266 g/mol. The van der Waals surface area contributed by atoms with E-state index in [4.69, 9.17) is 0 Å². The maximum absolute atomic E-state index is 12.5. The van der Waals surface area contributed by atoms with Crippen molar-refractivity contribution >= 4 is 11.9 Å². The second-order valence-electron chi connectivity index (χ2n) is 6.29. The number of carboxylic acids is 1. The average molecular weight is 287 g/mol. The topological polar surface area (TPSA) is 66.4 Å². The normalized spacial score (nSPS) is 23.3. The van der Waals surface area contributed by atoms with Crippen molar-refractivity contribution in [3.63, 3.8) is 0 Å². The first-order valence-electron chi connectivity index (χ1n) is 7.73. The largest absolute Gasteiger partial charge is 0.480 e. The fourth-order valence-electron chi connectivity index (χ4n) is 3.63. The van der Waals surface area contributed by atoms with Crippen LogP contribution in [0.5, 0.6) is 0 Å². The summed E-state index contributed by atoms with van der Waals surface area (Å²) in [6.07, 6.45) is 5.28. The summed E-state index contributed by atoms with van der Waals surface area (Å²) in [6.45, 7) is 0. The van der Waals surface area contributed by atoms with Crippen molar-refractivity contribution in [3.8, 4) is 0 Å². The molecule has 0 radical (unpaired) electrons. The minimum absolute atomic E-state index is 0.0891. The molecule has 0 bridgehead atoms. The highest BCUT2D eigenvalue weighted by Crippen LogP contribution is 2.32. The molecule has 1 saturated carbocycles. The first-order valence-corrected chi connectivity index (χ1v) is 7.73. The summed E-state index contributed by atoms with van der Waals surface area (Å²) in [7, 11) is 0. The SMILES string of the molecule is O=C(NC1(C(=O)O)CCCC1)C1CCc2ccccc2C1. The molecule has 1 aromatic carbocycles. The Kier molecular flexibility index (Phi) is 3.70. The number of nitrogens with one attached hydrogen (secondary N) is 1. The maximum atomic E-state index is 12.5. The van der Waals surface area contributed by atoms with Crippen molar-refractivity contribution in [1.29, 1.82) is 0 Å². The van der Waals surface area contributed by atoms with Gasteiger partial charge in [0.05, 0.1) is 0 Å². The Hall–Kier alpha value is -1.84. The van der Waals surface area contributed by atoms with Crippen LogP contribution in [0.1, 0.15) is 43.2 Å². The van der Waals surface area contributed by atoms with Crippen molar-refractivity contribution < 1.29 is 14.7 Å². The summed E-state index contributed by atoms with van der Waals surface area (Å²) >= 11 is 0. The van der Waals surface area contributed by atoms with Gasteiger partial charge in [-0.1, -0.05) is 37.1 Å². The summed E-state index contributed by atoms with van der Waals surface area (Å²) in [5.41, 5.74) is 1.52. The summed E-state index contributed by atoms with van der Waals surface area (Å²) < 4.78 is 0. The monoisotopic (exact) mass is 287 g/mol. The van der Waals surface area contributed by atoms with Crippen LogP contribution in [0.15, 0.2) is 24.3 Å². The number of carbonyl (C=O) groups is 2. The number of carbonyl (C=O) groups excluding carboxylic acids is 1. The van der Waals surface area contributed by atoms with Gasteiger partial charge in [-0.3, -0.25) is 4.79 Å². The van der Waals surface area contributed by atoms with E-state index in [1.807, 2.05) is 12.1 Å². The Morgan fingerprint density at radius 3 is 2.48 bits per heavy atom. The van der Waals surface area contributed by atoms with Gasteiger partial charge in [-0.15, -0.1) is 0 Å². The molecule has 112 valence electrons. The molecule has 0 aliphatic heterocycles. The van der Waals surface area contributed by atoms with Gasteiger partial charge in [-0.2, -0.15) is 0 Å². The molecule has 4 heteroatoms. The van der Waals surface area contributed by atoms with E-state index in [-0.39, 0.29) is 11.8 Å². The van der Waals surface area contributed by atoms with Crippen LogP contribution in [-0.4, -0.2) is 22.5 Å². The number of rotatable bonds is 3. The minimum Gasteiger partial charge on any atom is -0.480 e. The predicted octanol–water partition coefficient (Wildman–Crippen LogP) is 2.31. The highest BCUT2D eigenvalue weighted by atomic mass is 16.4. The smallest absolute Gasteiger partial charge is 0.329 e. The third kappa shape index (κ3) is 2.67. The molecule has 4 nitrogen and oxygen atoms in total. The van der Waals surface area contributed by atoms with Gasteiger partial charge in [0.2, 0.25) is 5.91 Å². The van der Waals surface area contributed by atoms with Crippen LogP contribution in [-0.2, 0) is 22.4 Å². The second-order valence-corrected chi connectivity index (χ2v) is 6.29. The van der Waals surface area contributed by atoms with Gasteiger partial charge >= 0.3 is 5.97 Å². The first-order chi connectivity index (χ1) is 10.1. The van der Waals surface area contributed by atoms with E-state index in [1.165, 1.54) is 11.1 Å². The summed E-state index contributed by atoms with van der Waals surface area (Å²) in [4.78, 5) is 24.0. The molecule has 3 rings (SSSR count). The van der Waals surface area contributed by atoms with Gasteiger partial charge in [-0.05, 0) is 43.2 Å². The zero-order chi connectivity index (χ0) is 14.9. The highest BCUT2D eigenvalue weighted by Gasteiger charge is 2.43. The number of aliphatic carboxylic acids is 1. The maximum Gasteiger partial charge on any atom is 0.329 e. The Morgan fingerprint density at radius 1 is 1.14 bits per heavy atom. The van der Waals surface area contributed by atoms with Gasteiger partial charge in [-0.25, -0.2) is 4.79 Å². The van der Waals surface area contributed by atoms with Crippen molar-refractivity contribution in [2.45, 2.75) is 50.5 Å². The van der Waals surface area contributed by atoms with Crippen molar-refractivity contribution in [1.82, 2.24) is 5.32 Å². The zero-order valence-electron chi connectivity index (χ0n) is 12.1. The van der Waals surface area contributed by atoms with Crippen LogP contribution in [0.4, 0.5) is 0 Å². The number of benzene rings is 1. The van der Waals surface area contributed by atoms with Crippen LogP contribution in [0.2, 0.25) is 0 Å². The average Bonchev–Trinajstić information content (AvgIpc) is 2.96. The molecule has 0 aromatic heterocycles. The van der Waals surface area contributed by atoms with Crippen molar-refractivity contribution in [2.24, 2.45) is 5.92 Å². The third-order valence-corrected chi connectivity index (χ3v) is 4.95. The molecule has 21 heavy (non-hydrogen) atoms. The lowest BCUT2D eigenvalue weighted by Crippen LogP contribution is -2.54. The van der Waals surface area contributed by atoms with Crippen LogP contribution in [0, 0.1) is 5.92 Å². The van der Waals surface area contributed by atoms with E-state index in [0.29, 0.717) is 12.8 Å². The van der Waals surface area contributed by atoms with Crippen LogP contribution < -0.4 is 5.32 Å². The molecule has 1 amide bonds. The first kappa shape index (κ1) is 14.1. The quantitative estimate of drug-likeness (QED) is 0.896. The van der Waals surface area contributed by atoms with Gasteiger partial charge in [0, 0.05) is 5.92 Å². The number of amides is 1. The predicted molar refractivity (Wildman–Crippen MR) is 78.9 cm³/mol. The lowest BCUT2D eigenvalue weighted by atomic mass is 9.83. The van der Waals surface area contributed by atoms with Crippen molar-refractivity contribution in [3.05, 3.63) is 35.4 Å². The summed E-state index contributed by atoms with van der Waals surface area (Å²) in [5, 5.41) is 12.3. The lowest BCUT2D eigenvalue weighted by Gasteiger charge is -2.30. The van der Waals surface area contributed by atoms with Crippen LogP contribution >= 0.6 is 0 Å². The molecule has 0 spiro atoms. The second kappa shape index (κ2) is 5.51. The minimum atomic E-state index is -1.02. The van der Waals surface area contributed by atoms with E-state index in [9.17, 15) is 14.7 Å². The van der Waals surface area contributed by atoms with Gasteiger partial charge in [0.1, 0.15) is 5.54 Å². The number of aryl methyl sites for hydroxylation is 1. The standard InChI is InChI=1S/C17H21NO3/c19-15(18-17(16(20)21)9-3-4-10-17)14-8-7-12-5-1-2-6-13(12)11-14/h1-2,5-6,14H,3-4,7-11H2,(H,18,19)(H,20,21). The number of fused-ring (bicyclic) bond motifs is 1. The summed E-state index contributed by atoms with van der Waals surface area (Å²) in [6, 6.07) is 8.20. The molecule has 2 aliphatic rings. The molecule has 2 aliphatic carbocycles. The number of hydrogen-bond donors (Lipinski definition) is 2. The molecule has 0 heterocycles. The molecule has 1 fully saturated rings. The van der Waals surface area contributed by atoms with Gasteiger partial charge < -0.3 is 10.4 Å². The highest BCUT2D eigenvalue weighted by molar-refractivity contribution is 5.88. The molecule has 0 saturated heterocycles. The van der Waals surface area contributed by atoms with Gasteiger partial charge in [0.15, 0.2) is 0 Å². The van der Waals surface area contributed by atoms with E-state index < -0.39 is 11.5 Å². The fourth-order valence-corrected chi connectivity index (χ4v) is 3.63. The molecule has 1 aromatic rings. The van der Waals surface area contributed by atoms with E-state index in [0.717, 1.165) is 32.1 Å². The third-order valence-electron chi connectivity index (χ3n) is 4.95. The van der Waals surface area contributed by atoms with Gasteiger partial charge in [0.25, 0.3) is 0 Å². The van der Waals surface area contributed by atoms with Crippen LogP contribution in [0.25, 0.3) is 0 Å².